The Morgan fingerprint density at radius 2 is 2.47 bits per heavy atom. The Labute approximate surface area is 105 Å². The van der Waals surface area contributed by atoms with Gasteiger partial charge in [-0.25, -0.2) is 4.98 Å². The predicted molar refractivity (Wildman–Crippen MR) is 67.3 cm³/mol. The van der Waals surface area contributed by atoms with E-state index in [1.54, 1.807) is 6.20 Å². The number of amides is 1. The number of rotatable bonds is 1. The van der Waals surface area contributed by atoms with E-state index in [1.807, 2.05) is 11.8 Å². The molecule has 1 atom stereocenters. The number of nitrogens with zero attached hydrogens (tertiary/aromatic N) is 2. The Kier molecular flexibility index (Phi) is 2.67. The van der Waals surface area contributed by atoms with E-state index in [-0.39, 0.29) is 5.91 Å². The fourth-order valence-corrected chi connectivity index (χ4v) is 3.61. The summed E-state index contributed by atoms with van der Waals surface area (Å²) in [6.45, 7) is 5.92. The largest absolute Gasteiger partial charge is 0.337 e. The second kappa shape index (κ2) is 4.07. The lowest BCUT2D eigenvalue weighted by molar-refractivity contribution is 0.0780. The Morgan fingerprint density at radius 1 is 1.59 bits per heavy atom. The van der Waals surface area contributed by atoms with Gasteiger partial charge < -0.3 is 10.2 Å². The molecule has 1 unspecified atom stereocenters. The van der Waals surface area contributed by atoms with Crippen LogP contribution in [0.5, 0.6) is 0 Å². The van der Waals surface area contributed by atoms with E-state index in [9.17, 15) is 4.79 Å². The monoisotopic (exact) mass is 251 g/mol. The second-order valence-corrected chi connectivity index (χ2v) is 6.38. The summed E-state index contributed by atoms with van der Waals surface area (Å²) in [4.78, 5) is 19.2. The molecule has 17 heavy (non-hydrogen) atoms. The molecule has 2 fully saturated rings. The van der Waals surface area contributed by atoms with Crippen LogP contribution in [0.25, 0.3) is 0 Å². The lowest BCUT2D eigenvalue weighted by Crippen LogP contribution is -2.32. The van der Waals surface area contributed by atoms with Gasteiger partial charge in [0.2, 0.25) is 0 Å². The van der Waals surface area contributed by atoms with Gasteiger partial charge in [-0.15, -0.1) is 11.3 Å². The zero-order valence-corrected chi connectivity index (χ0v) is 10.8. The smallest absolute Gasteiger partial charge is 0.265 e. The van der Waals surface area contributed by atoms with Crippen molar-refractivity contribution in [3.63, 3.8) is 0 Å². The van der Waals surface area contributed by atoms with Crippen molar-refractivity contribution >= 4 is 17.2 Å². The van der Waals surface area contributed by atoms with Gasteiger partial charge in [-0.3, -0.25) is 4.79 Å². The standard InChI is InChI=1S/C12H17N3OS/c1-9-14-6-10(17-9)11(16)15-5-3-12(8-15)2-4-13-7-12/h6,13H,2-5,7-8H2,1H3. The molecule has 2 aliphatic heterocycles. The van der Waals surface area contributed by atoms with Crippen LogP contribution in [0.4, 0.5) is 0 Å². The number of thiazole rings is 1. The van der Waals surface area contributed by atoms with E-state index in [1.165, 1.54) is 17.8 Å². The van der Waals surface area contributed by atoms with Crippen molar-refractivity contribution in [2.45, 2.75) is 19.8 Å². The van der Waals surface area contributed by atoms with E-state index in [0.29, 0.717) is 5.41 Å². The summed E-state index contributed by atoms with van der Waals surface area (Å²) < 4.78 is 0. The summed E-state index contributed by atoms with van der Waals surface area (Å²) in [5.74, 6) is 0.166. The highest BCUT2D eigenvalue weighted by atomic mass is 32.1. The van der Waals surface area contributed by atoms with Crippen molar-refractivity contribution in [2.24, 2.45) is 5.41 Å². The summed E-state index contributed by atoms with van der Waals surface area (Å²) in [6, 6.07) is 0. The summed E-state index contributed by atoms with van der Waals surface area (Å²) >= 11 is 1.50. The van der Waals surface area contributed by atoms with Gasteiger partial charge in [-0.1, -0.05) is 0 Å². The van der Waals surface area contributed by atoms with Crippen molar-refractivity contribution in [2.75, 3.05) is 26.2 Å². The number of carbonyl (C=O) groups excluding carboxylic acids is 1. The molecule has 1 aromatic heterocycles. The topological polar surface area (TPSA) is 45.2 Å². The molecule has 0 aromatic carbocycles. The molecule has 0 saturated carbocycles. The van der Waals surface area contributed by atoms with Crippen LogP contribution in [-0.4, -0.2) is 42.0 Å². The quantitative estimate of drug-likeness (QED) is 0.817. The van der Waals surface area contributed by atoms with Crippen molar-refractivity contribution in [1.29, 1.82) is 0 Å². The maximum atomic E-state index is 12.3. The lowest BCUT2D eigenvalue weighted by atomic mass is 9.87. The number of likely N-dealkylation sites (tertiary alicyclic amines) is 1. The predicted octanol–water partition coefficient (Wildman–Crippen LogP) is 1.28. The Bertz CT molecular complexity index is 437. The van der Waals surface area contributed by atoms with E-state index in [4.69, 9.17) is 0 Å². The molecule has 92 valence electrons. The second-order valence-electron chi connectivity index (χ2n) is 5.15. The highest BCUT2D eigenvalue weighted by molar-refractivity contribution is 7.13. The van der Waals surface area contributed by atoms with Crippen LogP contribution >= 0.6 is 11.3 Å². The molecule has 3 heterocycles. The zero-order valence-electron chi connectivity index (χ0n) is 10.0. The zero-order chi connectivity index (χ0) is 11.9. The first-order chi connectivity index (χ1) is 8.19. The van der Waals surface area contributed by atoms with Crippen LogP contribution in [0.15, 0.2) is 6.20 Å². The minimum absolute atomic E-state index is 0.166. The third kappa shape index (κ3) is 1.98. The summed E-state index contributed by atoms with van der Waals surface area (Å²) in [5.41, 5.74) is 0.357. The van der Waals surface area contributed by atoms with Crippen LogP contribution in [0.1, 0.15) is 27.5 Å². The molecule has 0 bridgehead atoms. The summed E-state index contributed by atoms with van der Waals surface area (Å²) in [5, 5.41) is 4.37. The first-order valence-electron chi connectivity index (χ1n) is 6.11. The summed E-state index contributed by atoms with van der Waals surface area (Å²) in [6.07, 6.45) is 4.06. The molecule has 0 aliphatic carbocycles. The Hall–Kier alpha value is -0.940. The number of hydrogen-bond acceptors (Lipinski definition) is 4. The van der Waals surface area contributed by atoms with E-state index in [2.05, 4.69) is 10.3 Å². The molecule has 1 amide bonds. The van der Waals surface area contributed by atoms with E-state index < -0.39 is 0 Å². The minimum atomic E-state index is 0.166. The first kappa shape index (κ1) is 11.2. The summed E-state index contributed by atoms with van der Waals surface area (Å²) in [7, 11) is 0. The van der Waals surface area contributed by atoms with Gasteiger partial charge in [-0.05, 0) is 26.3 Å². The number of hydrogen-bond donors (Lipinski definition) is 1. The molecule has 2 saturated heterocycles. The van der Waals surface area contributed by atoms with Crippen LogP contribution in [0, 0.1) is 12.3 Å². The number of aromatic nitrogens is 1. The minimum Gasteiger partial charge on any atom is -0.337 e. The molecule has 5 heteroatoms. The molecule has 1 spiro atoms. The lowest BCUT2D eigenvalue weighted by Gasteiger charge is -2.22. The van der Waals surface area contributed by atoms with Crippen molar-refractivity contribution in [3.05, 3.63) is 16.1 Å². The average molecular weight is 251 g/mol. The number of carbonyl (C=O) groups is 1. The third-order valence-electron chi connectivity index (χ3n) is 3.89. The normalized spacial score (nSPS) is 28.2. The van der Waals surface area contributed by atoms with Crippen molar-refractivity contribution in [1.82, 2.24) is 15.2 Å². The Morgan fingerprint density at radius 3 is 3.12 bits per heavy atom. The van der Waals surface area contributed by atoms with E-state index in [0.717, 1.165) is 42.5 Å². The number of aryl methyl sites for hydroxylation is 1. The van der Waals surface area contributed by atoms with Gasteiger partial charge >= 0.3 is 0 Å². The molecule has 0 radical (unpaired) electrons. The highest BCUT2D eigenvalue weighted by Crippen LogP contribution is 2.36. The molecule has 3 rings (SSSR count). The molecule has 4 nitrogen and oxygen atoms in total. The molecule has 2 aliphatic rings. The van der Waals surface area contributed by atoms with Crippen molar-refractivity contribution in [3.8, 4) is 0 Å². The van der Waals surface area contributed by atoms with Gasteiger partial charge in [-0.2, -0.15) is 0 Å². The SMILES string of the molecule is Cc1ncc(C(=O)N2CCC3(CCNC3)C2)s1. The molecular weight excluding hydrogens is 234 g/mol. The molecule has 1 N–H and O–H groups in total. The average Bonchev–Trinajstić information content (AvgIpc) is 3.02. The Balaban J connectivity index is 1.72. The third-order valence-corrected chi connectivity index (χ3v) is 4.79. The number of nitrogens with one attached hydrogen (secondary N) is 1. The van der Waals surface area contributed by atoms with E-state index >= 15 is 0 Å². The first-order valence-corrected chi connectivity index (χ1v) is 6.93. The highest BCUT2D eigenvalue weighted by Gasteiger charge is 2.42. The van der Waals surface area contributed by atoms with Gasteiger partial charge in [0, 0.05) is 25.0 Å². The maximum Gasteiger partial charge on any atom is 0.265 e. The molecule has 1 aromatic rings. The molecular formula is C12H17N3OS. The van der Waals surface area contributed by atoms with Crippen LogP contribution in [0.2, 0.25) is 0 Å². The van der Waals surface area contributed by atoms with Crippen LogP contribution in [-0.2, 0) is 0 Å². The van der Waals surface area contributed by atoms with Gasteiger partial charge in [0.1, 0.15) is 4.88 Å². The fraction of sp³-hybridized carbons (Fsp3) is 0.667. The van der Waals surface area contributed by atoms with Crippen LogP contribution < -0.4 is 5.32 Å². The maximum absolute atomic E-state index is 12.3. The van der Waals surface area contributed by atoms with Crippen LogP contribution in [0.3, 0.4) is 0 Å². The fourth-order valence-electron chi connectivity index (χ4n) is 2.87. The van der Waals surface area contributed by atoms with Gasteiger partial charge in [0.05, 0.1) is 11.2 Å². The van der Waals surface area contributed by atoms with Crippen molar-refractivity contribution < 1.29 is 4.79 Å². The van der Waals surface area contributed by atoms with Gasteiger partial charge in [0.15, 0.2) is 0 Å². The van der Waals surface area contributed by atoms with Gasteiger partial charge in [0.25, 0.3) is 5.91 Å².